The van der Waals surface area contributed by atoms with E-state index >= 15 is 0 Å². The monoisotopic (exact) mass is 398 g/mol. The number of aromatic nitrogens is 1. The number of carbonyl (C=O) groups is 2. The van der Waals surface area contributed by atoms with Gasteiger partial charge in [0, 0.05) is 16.0 Å². The van der Waals surface area contributed by atoms with Crippen molar-refractivity contribution < 1.29 is 19.1 Å². The molecule has 0 fully saturated rings. The van der Waals surface area contributed by atoms with Gasteiger partial charge in [0.25, 0.3) is 5.91 Å². The number of hydrogen-bond donors (Lipinski definition) is 2. The Hall–Kier alpha value is -2.80. The second kappa shape index (κ2) is 7.67. The number of fused-ring (bicyclic) bond motifs is 1. The third-order valence-corrected chi connectivity index (χ3v) is 5.24. The van der Waals surface area contributed by atoms with Gasteiger partial charge < -0.3 is 14.8 Å². The van der Waals surface area contributed by atoms with Crippen LogP contribution in [0.5, 0.6) is 0 Å². The van der Waals surface area contributed by atoms with Crippen LogP contribution in [-0.4, -0.2) is 27.2 Å². The third-order valence-electron chi connectivity index (χ3n) is 4.07. The molecule has 0 radical (unpaired) electrons. The number of carboxylic acids is 1. The molecule has 1 amide bonds. The average Bonchev–Trinajstić information content (AvgIpc) is 3.05. The highest BCUT2D eigenvalue weighted by molar-refractivity contribution is 8.00. The Bertz CT molecular complexity index is 1040. The number of nitrogens with one attached hydrogen (secondary N) is 1. The summed E-state index contributed by atoms with van der Waals surface area (Å²) in [5, 5.41) is 11.3. The smallest absolute Gasteiger partial charge is 0.316 e. The molecule has 0 aliphatic carbocycles. The normalized spacial score (nSPS) is 12.7. The summed E-state index contributed by atoms with van der Waals surface area (Å²) in [7, 11) is 0. The largest absolute Gasteiger partial charge is 0.480 e. The summed E-state index contributed by atoms with van der Waals surface area (Å²) in [5.41, 5.74) is 2.15. The third kappa shape index (κ3) is 4.36. The first-order valence-electron chi connectivity index (χ1n) is 8.86. The van der Waals surface area contributed by atoms with E-state index in [1.807, 2.05) is 20.8 Å². The summed E-state index contributed by atoms with van der Waals surface area (Å²) in [6.07, 6.45) is 0. The Balaban J connectivity index is 1.84. The fourth-order valence-electron chi connectivity index (χ4n) is 2.52. The van der Waals surface area contributed by atoms with Crippen LogP contribution in [-0.2, 0) is 10.2 Å². The van der Waals surface area contributed by atoms with Crippen molar-refractivity contribution in [1.29, 1.82) is 0 Å². The number of hydrogen-bond acceptors (Lipinski definition) is 5. The maximum Gasteiger partial charge on any atom is 0.316 e. The summed E-state index contributed by atoms with van der Waals surface area (Å²) in [5.74, 6) is -0.596. The molecule has 0 aliphatic heterocycles. The molecule has 2 aromatic carbocycles. The lowest BCUT2D eigenvalue weighted by atomic mass is 9.97. The molecule has 146 valence electrons. The van der Waals surface area contributed by atoms with Crippen LogP contribution in [0.3, 0.4) is 0 Å². The van der Waals surface area contributed by atoms with E-state index in [0.717, 1.165) is 11.8 Å². The van der Waals surface area contributed by atoms with Crippen LogP contribution in [0.25, 0.3) is 11.1 Å². The number of rotatable bonds is 5. The second-order valence-corrected chi connectivity index (χ2v) is 8.88. The standard InChI is InChI=1S/C21H22N2O4S/c1-12(19(25)26)28-17-8-6-5-7-14(17)18(24)22-13-9-10-16-15(11-13)23-20(27-16)21(2,3)4/h5-12H,1-4H3,(H,22,24)(H,25,26). The minimum absolute atomic E-state index is 0.209. The zero-order chi connectivity index (χ0) is 20.5. The lowest BCUT2D eigenvalue weighted by Crippen LogP contribution is -2.15. The summed E-state index contributed by atoms with van der Waals surface area (Å²) in [4.78, 5) is 29.0. The van der Waals surface area contributed by atoms with Gasteiger partial charge in [0.1, 0.15) is 10.8 Å². The summed E-state index contributed by atoms with van der Waals surface area (Å²) in [6.45, 7) is 7.65. The van der Waals surface area contributed by atoms with E-state index in [0.29, 0.717) is 33.1 Å². The van der Waals surface area contributed by atoms with E-state index in [1.165, 1.54) is 0 Å². The molecule has 0 saturated heterocycles. The van der Waals surface area contributed by atoms with Gasteiger partial charge in [-0.05, 0) is 37.3 Å². The molecule has 0 saturated carbocycles. The molecule has 0 bridgehead atoms. The maximum absolute atomic E-state index is 12.8. The molecule has 0 aliphatic rings. The van der Waals surface area contributed by atoms with E-state index in [2.05, 4.69) is 10.3 Å². The Morgan fingerprint density at radius 2 is 1.89 bits per heavy atom. The number of benzene rings is 2. The Morgan fingerprint density at radius 3 is 2.57 bits per heavy atom. The molecule has 1 aromatic heterocycles. The van der Waals surface area contributed by atoms with Gasteiger partial charge in [0.15, 0.2) is 5.58 Å². The fraction of sp³-hybridized carbons (Fsp3) is 0.286. The molecule has 7 heteroatoms. The van der Waals surface area contributed by atoms with Gasteiger partial charge in [0.05, 0.1) is 5.56 Å². The molecule has 1 heterocycles. The lowest BCUT2D eigenvalue weighted by Gasteiger charge is -2.11. The van der Waals surface area contributed by atoms with Crippen LogP contribution >= 0.6 is 11.8 Å². The molecule has 2 N–H and O–H groups in total. The van der Waals surface area contributed by atoms with E-state index in [4.69, 9.17) is 9.52 Å². The van der Waals surface area contributed by atoms with Crippen molar-refractivity contribution in [2.45, 2.75) is 43.3 Å². The van der Waals surface area contributed by atoms with Crippen LogP contribution in [0, 0.1) is 0 Å². The van der Waals surface area contributed by atoms with Gasteiger partial charge in [-0.25, -0.2) is 4.98 Å². The van der Waals surface area contributed by atoms with Gasteiger partial charge in [-0.15, -0.1) is 11.8 Å². The van der Waals surface area contributed by atoms with Gasteiger partial charge in [-0.3, -0.25) is 9.59 Å². The SMILES string of the molecule is CC(Sc1ccccc1C(=O)Nc1ccc2oc(C(C)(C)C)nc2c1)C(=O)O. The topological polar surface area (TPSA) is 92.4 Å². The van der Waals surface area contributed by atoms with Crippen molar-refractivity contribution in [2.75, 3.05) is 5.32 Å². The van der Waals surface area contributed by atoms with Gasteiger partial charge in [-0.1, -0.05) is 32.9 Å². The molecule has 3 rings (SSSR count). The van der Waals surface area contributed by atoms with Crippen molar-refractivity contribution in [2.24, 2.45) is 0 Å². The van der Waals surface area contributed by atoms with Crippen LogP contribution in [0.15, 0.2) is 51.8 Å². The molecule has 1 atom stereocenters. The summed E-state index contributed by atoms with van der Waals surface area (Å²) < 4.78 is 5.78. The van der Waals surface area contributed by atoms with Crippen LogP contribution < -0.4 is 5.32 Å². The number of nitrogens with zero attached hydrogens (tertiary/aromatic N) is 1. The number of oxazole rings is 1. The highest BCUT2D eigenvalue weighted by atomic mass is 32.2. The molecule has 6 nitrogen and oxygen atoms in total. The number of aliphatic carboxylic acids is 1. The van der Waals surface area contributed by atoms with Gasteiger partial charge >= 0.3 is 5.97 Å². The van der Waals surface area contributed by atoms with Crippen molar-refractivity contribution in [3.63, 3.8) is 0 Å². The number of carbonyl (C=O) groups excluding carboxylic acids is 1. The van der Waals surface area contributed by atoms with Crippen molar-refractivity contribution >= 4 is 40.4 Å². The Labute approximate surface area is 167 Å². The zero-order valence-corrected chi connectivity index (χ0v) is 17.0. The van der Waals surface area contributed by atoms with Crippen LogP contribution in [0.2, 0.25) is 0 Å². The lowest BCUT2D eigenvalue weighted by molar-refractivity contribution is -0.136. The molecule has 0 spiro atoms. The number of anilines is 1. The number of carboxylic acid groups (broad SMARTS) is 1. The molecular weight excluding hydrogens is 376 g/mol. The molecule has 28 heavy (non-hydrogen) atoms. The van der Waals surface area contributed by atoms with Gasteiger partial charge in [0.2, 0.25) is 5.89 Å². The highest BCUT2D eigenvalue weighted by Gasteiger charge is 2.21. The minimum Gasteiger partial charge on any atom is -0.480 e. The number of thioether (sulfide) groups is 1. The van der Waals surface area contributed by atoms with E-state index in [9.17, 15) is 9.59 Å². The highest BCUT2D eigenvalue weighted by Crippen LogP contribution is 2.29. The zero-order valence-electron chi connectivity index (χ0n) is 16.1. The number of amides is 1. The predicted octanol–water partition coefficient (Wildman–Crippen LogP) is 4.94. The predicted molar refractivity (Wildman–Crippen MR) is 110 cm³/mol. The fourth-order valence-corrected chi connectivity index (χ4v) is 3.45. The van der Waals surface area contributed by atoms with Crippen molar-refractivity contribution in [1.82, 2.24) is 4.98 Å². The van der Waals surface area contributed by atoms with E-state index in [1.54, 1.807) is 49.4 Å². The Kier molecular flexibility index (Phi) is 5.47. The minimum atomic E-state index is -0.925. The first-order chi connectivity index (χ1) is 13.1. The average molecular weight is 398 g/mol. The first kappa shape index (κ1) is 19.9. The molecular formula is C21H22N2O4S. The van der Waals surface area contributed by atoms with Gasteiger partial charge in [-0.2, -0.15) is 0 Å². The first-order valence-corrected chi connectivity index (χ1v) is 9.74. The van der Waals surface area contributed by atoms with Crippen molar-refractivity contribution in [3.05, 3.63) is 53.9 Å². The molecule has 1 unspecified atom stereocenters. The van der Waals surface area contributed by atoms with Crippen LogP contribution in [0.1, 0.15) is 43.9 Å². The maximum atomic E-state index is 12.8. The summed E-state index contributed by atoms with van der Waals surface area (Å²) >= 11 is 1.14. The second-order valence-electron chi connectivity index (χ2n) is 7.50. The van der Waals surface area contributed by atoms with E-state index < -0.39 is 11.2 Å². The van der Waals surface area contributed by atoms with Crippen LogP contribution in [0.4, 0.5) is 5.69 Å². The van der Waals surface area contributed by atoms with E-state index in [-0.39, 0.29) is 11.3 Å². The summed E-state index contributed by atoms with van der Waals surface area (Å²) in [6, 6.07) is 12.3. The molecule has 3 aromatic rings. The van der Waals surface area contributed by atoms with Crippen molar-refractivity contribution in [3.8, 4) is 0 Å². The Morgan fingerprint density at radius 1 is 1.18 bits per heavy atom. The quantitative estimate of drug-likeness (QED) is 0.591.